The lowest BCUT2D eigenvalue weighted by molar-refractivity contribution is -0.0203. The molecule has 5 heteroatoms. The second-order valence-electron chi connectivity index (χ2n) is 6.87. The van der Waals surface area contributed by atoms with Gasteiger partial charge in [-0.3, -0.25) is 0 Å². The average molecular weight is 343 g/mol. The molecule has 2 fully saturated rings. The number of anilines is 2. The van der Waals surface area contributed by atoms with E-state index in [1.165, 1.54) is 49.1 Å². The Morgan fingerprint density at radius 3 is 2.58 bits per heavy atom. The highest BCUT2D eigenvalue weighted by Gasteiger charge is 2.36. The van der Waals surface area contributed by atoms with E-state index < -0.39 is 0 Å². The Morgan fingerprint density at radius 2 is 1.88 bits per heavy atom. The van der Waals surface area contributed by atoms with Gasteiger partial charge in [-0.1, -0.05) is 37.5 Å². The number of nitrogens with two attached hydrogens (primary N) is 1. The molecule has 0 bridgehead atoms. The van der Waals surface area contributed by atoms with Crippen molar-refractivity contribution in [3.63, 3.8) is 0 Å². The molecule has 24 heavy (non-hydrogen) atoms. The van der Waals surface area contributed by atoms with Crippen molar-refractivity contribution in [1.82, 2.24) is 4.98 Å². The fourth-order valence-corrected chi connectivity index (χ4v) is 4.62. The van der Waals surface area contributed by atoms with E-state index in [4.69, 9.17) is 10.5 Å². The fraction of sp³-hybridized carbons (Fsp3) is 0.526. The molecular formula is C19H25N3OS. The standard InChI is InChI=1S/C19H25N3OS/c20-19-21-17(13-24-19)18-11-16(23-15-9-5-2-6-10-15)12-22(18)14-7-3-1-4-8-14/h1,3-4,7-8,13,15-16,18H,2,5-6,9-12H2,(H2,20,21)/t16-,18-/m1/s1. The van der Waals surface area contributed by atoms with Gasteiger partial charge in [-0.2, -0.15) is 0 Å². The summed E-state index contributed by atoms with van der Waals surface area (Å²) in [6.45, 7) is 0.933. The maximum absolute atomic E-state index is 6.47. The summed E-state index contributed by atoms with van der Waals surface area (Å²) in [5, 5.41) is 2.74. The largest absolute Gasteiger partial charge is 0.375 e. The van der Waals surface area contributed by atoms with Crippen LogP contribution in [0, 0.1) is 0 Å². The SMILES string of the molecule is Nc1nc([C@H]2C[C@@H](OC3CCCCC3)CN2c2ccccc2)cs1. The molecule has 128 valence electrons. The van der Waals surface area contributed by atoms with Gasteiger partial charge < -0.3 is 15.4 Å². The fourth-order valence-electron chi connectivity index (χ4n) is 4.01. The van der Waals surface area contributed by atoms with Gasteiger partial charge in [0.25, 0.3) is 0 Å². The van der Waals surface area contributed by atoms with Crippen molar-refractivity contribution >= 4 is 22.2 Å². The third-order valence-corrected chi connectivity index (χ3v) is 5.86. The van der Waals surface area contributed by atoms with Crippen LogP contribution in [0.15, 0.2) is 35.7 Å². The van der Waals surface area contributed by atoms with Crippen LogP contribution in [-0.2, 0) is 4.74 Å². The number of nitrogens with zero attached hydrogens (tertiary/aromatic N) is 2. The van der Waals surface area contributed by atoms with Gasteiger partial charge in [0.1, 0.15) is 0 Å². The van der Waals surface area contributed by atoms with E-state index in [-0.39, 0.29) is 12.1 Å². The zero-order valence-electron chi connectivity index (χ0n) is 13.9. The molecule has 2 atom stereocenters. The van der Waals surface area contributed by atoms with Gasteiger partial charge in [0.15, 0.2) is 5.13 Å². The highest BCUT2D eigenvalue weighted by atomic mass is 32.1. The van der Waals surface area contributed by atoms with Gasteiger partial charge in [0.05, 0.1) is 23.9 Å². The summed E-state index contributed by atoms with van der Waals surface area (Å²) in [7, 11) is 0. The number of para-hydroxylation sites is 1. The van der Waals surface area contributed by atoms with Crippen LogP contribution in [0.2, 0.25) is 0 Å². The molecular weight excluding hydrogens is 318 g/mol. The minimum atomic E-state index is 0.259. The van der Waals surface area contributed by atoms with Gasteiger partial charge in [-0.15, -0.1) is 11.3 Å². The molecule has 0 unspecified atom stereocenters. The van der Waals surface area contributed by atoms with Crippen molar-refractivity contribution in [3.05, 3.63) is 41.4 Å². The maximum Gasteiger partial charge on any atom is 0.180 e. The first-order valence-electron chi connectivity index (χ1n) is 8.97. The number of rotatable bonds is 4. The summed E-state index contributed by atoms with van der Waals surface area (Å²) >= 11 is 1.52. The topological polar surface area (TPSA) is 51.4 Å². The Hall–Kier alpha value is -1.59. The van der Waals surface area contributed by atoms with Crippen LogP contribution in [0.3, 0.4) is 0 Å². The van der Waals surface area contributed by atoms with Crippen LogP contribution in [0.4, 0.5) is 10.8 Å². The predicted molar refractivity (Wildman–Crippen MR) is 99.4 cm³/mol. The molecule has 2 aromatic rings. The normalized spacial score (nSPS) is 25.2. The summed E-state index contributed by atoms with van der Waals surface area (Å²) in [6, 6.07) is 10.9. The maximum atomic E-state index is 6.47. The number of hydrogen-bond acceptors (Lipinski definition) is 5. The molecule has 0 spiro atoms. The van der Waals surface area contributed by atoms with Gasteiger partial charge in [-0.05, 0) is 25.0 Å². The van der Waals surface area contributed by atoms with E-state index >= 15 is 0 Å². The Morgan fingerprint density at radius 1 is 1.08 bits per heavy atom. The Bertz CT molecular complexity index is 654. The number of aromatic nitrogens is 1. The van der Waals surface area contributed by atoms with Gasteiger partial charge in [0.2, 0.25) is 0 Å². The van der Waals surface area contributed by atoms with Crippen LogP contribution in [0.25, 0.3) is 0 Å². The minimum Gasteiger partial charge on any atom is -0.375 e. The molecule has 2 heterocycles. The first-order valence-corrected chi connectivity index (χ1v) is 9.85. The molecule has 4 rings (SSSR count). The first-order chi connectivity index (χ1) is 11.8. The molecule has 1 saturated heterocycles. The van der Waals surface area contributed by atoms with Crippen LogP contribution in [0.5, 0.6) is 0 Å². The molecule has 1 aliphatic carbocycles. The second-order valence-corrected chi connectivity index (χ2v) is 7.76. The molecule has 2 aliphatic rings. The number of hydrogen-bond donors (Lipinski definition) is 1. The molecule has 1 aliphatic heterocycles. The predicted octanol–water partition coefficient (Wildman–Crippen LogP) is 4.39. The van der Waals surface area contributed by atoms with Crippen LogP contribution in [-0.4, -0.2) is 23.7 Å². The van der Waals surface area contributed by atoms with Crippen LogP contribution < -0.4 is 10.6 Å². The smallest absolute Gasteiger partial charge is 0.180 e. The monoisotopic (exact) mass is 343 g/mol. The summed E-state index contributed by atoms with van der Waals surface area (Å²) in [4.78, 5) is 6.98. The lowest BCUT2D eigenvalue weighted by Crippen LogP contribution is -2.28. The van der Waals surface area contributed by atoms with Crippen molar-refractivity contribution in [2.75, 3.05) is 17.2 Å². The van der Waals surface area contributed by atoms with Crippen LogP contribution >= 0.6 is 11.3 Å². The zero-order chi connectivity index (χ0) is 16.4. The quantitative estimate of drug-likeness (QED) is 0.894. The van der Waals surface area contributed by atoms with E-state index in [1.54, 1.807) is 0 Å². The third kappa shape index (κ3) is 3.42. The van der Waals surface area contributed by atoms with E-state index in [0.29, 0.717) is 11.2 Å². The summed E-state index contributed by atoms with van der Waals surface area (Å²) < 4.78 is 6.47. The van der Waals surface area contributed by atoms with Crippen molar-refractivity contribution in [2.24, 2.45) is 0 Å². The van der Waals surface area contributed by atoms with E-state index in [9.17, 15) is 0 Å². The van der Waals surface area contributed by atoms with Gasteiger partial charge in [-0.25, -0.2) is 4.98 Å². The molecule has 4 nitrogen and oxygen atoms in total. The minimum absolute atomic E-state index is 0.259. The third-order valence-electron chi connectivity index (χ3n) is 5.17. The number of benzene rings is 1. The summed E-state index contributed by atoms with van der Waals surface area (Å²) in [6.07, 6.45) is 8.14. The highest BCUT2D eigenvalue weighted by Crippen LogP contribution is 2.39. The van der Waals surface area contributed by atoms with Gasteiger partial charge >= 0.3 is 0 Å². The van der Waals surface area contributed by atoms with Crippen molar-refractivity contribution < 1.29 is 4.74 Å². The van der Waals surface area contributed by atoms with Crippen molar-refractivity contribution in [1.29, 1.82) is 0 Å². The zero-order valence-corrected chi connectivity index (χ0v) is 14.8. The van der Waals surface area contributed by atoms with Crippen molar-refractivity contribution in [3.8, 4) is 0 Å². The van der Waals surface area contributed by atoms with Crippen molar-refractivity contribution in [2.45, 2.75) is 56.8 Å². The average Bonchev–Trinajstić information content (AvgIpc) is 3.23. The number of ether oxygens (including phenoxy) is 1. The molecule has 0 radical (unpaired) electrons. The number of nitrogen functional groups attached to an aromatic ring is 1. The first kappa shape index (κ1) is 15.9. The lowest BCUT2D eigenvalue weighted by atomic mass is 9.97. The highest BCUT2D eigenvalue weighted by molar-refractivity contribution is 7.13. The Kier molecular flexibility index (Phi) is 4.72. The molecule has 2 N–H and O–H groups in total. The molecule has 1 aromatic heterocycles. The molecule has 1 saturated carbocycles. The second kappa shape index (κ2) is 7.11. The Balaban J connectivity index is 1.53. The molecule has 1 aromatic carbocycles. The Labute approximate surface area is 147 Å². The molecule has 0 amide bonds. The summed E-state index contributed by atoms with van der Waals surface area (Å²) in [5.41, 5.74) is 8.19. The lowest BCUT2D eigenvalue weighted by Gasteiger charge is -2.26. The van der Waals surface area contributed by atoms with E-state index in [1.807, 2.05) is 0 Å². The van der Waals surface area contributed by atoms with E-state index in [0.717, 1.165) is 18.7 Å². The number of thiazole rings is 1. The summed E-state index contributed by atoms with van der Waals surface area (Å²) in [5.74, 6) is 0. The van der Waals surface area contributed by atoms with E-state index in [2.05, 4.69) is 45.6 Å². The van der Waals surface area contributed by atoms with Crippen LogP contribution in [0.1, 0.15) is 50.3 Å². The van der Waals surface area contributed by atoms with Gasteiger partial charge in [0, 0.05) is 24.0 Å².